The van der Waals surface area contributed by atoms with Gasteiger partial charge in [0.15, 0.2) is 0 Å². The third kappa shape index (κ3) is 5.13. The largest absolute Gasteiger partial charge is 0.335 e. The molecule has 0 radical (unpaired) electrons. The summed E-state index contributed by atoms with van der Waals surface area (Å²) in [7, 11) is 2.13. The summed E-state index contributed by atoms with van der Waals surface area (Å²) in [4.78, 5) is 31.8. The van der Waals surface area contributed by atoms with Crippen molar-refractivity contribution in [3.63, 3.8) is 0 Å². The molecule has 2 aliphatic rings. The minimum absolute atomic E-state index is 0.0960. The summed E-state index contributed by atoms with van der Waals surface area (Å²) >= 11 is 0. The average Bonchev–Trinajstić information content (AvgIpc) is 2.82. The highest BCUT2D eigenvalue weighted by molar-refractivity contribution is 5.95. The van der Waals surface area contributed by atoms with Crippen molar-refractivity contribution in [2.75, 3.05) is 39.8 Å². The maximum atomic E-state index is 13.9. The molecular formula is C26H36N4O2. The molecule has 2 fully saturated rings. The van der Waals surface area contributed by atoms with E-state index in [2.05, 4.69) is 29.4 Å². The van der Waals surface area contributed by atoms with Crippen LogP contribution in [-0.4, -0.2) is 66.1 Å². The Morgan fingerprint density at radius 2 is 1.75 bits per heavy atom. The van der Waals surface area contributed by atoms with Crippen molar-refractivity contribution in [3.05, 3.63) is 69.6 Å². The second-order valence-electron chi connectivity index (χ2n) is 9.34. The van der Waals surface area contributed by atoms with E-state index >= 15 is 0 Å². The monoisotopic (exact) mass is 436 g/mol. The fourth-order valence-electron chi connectivity index (χ4n) is 5.07. The summed E-state index contributed by atoms with van der Waals surface area (Å²) < 4.78 is 1.81. The standard InChI is InChI=1S/C26H36N4O2/c1-20-10-18-29(22-8-14-27-15-9-22)25(31)24(20)26(32)30(23-12-16-28(2)17-13-23)19-11-21-6-4-3-5-7-21/h3-7,10,18,22-23,27H,8-9,11-17,19H2,1-2H3. The normalized spacial score (nSPS) is 18.6. The lowest BCUT2D eigenvalue weighted by atomic mass is 10.00. The van der Waals surface area contributed by atoms with Crippen molar-refractivity contribution in [2.45, 2.75) is 51.1 Å². The molecule has 172 valence electrons. The molecule has 32 heavy (non-hydrogen) atoms. The SMILES string of the molecule is Cc1ccn(C2CCNCC2)c(=O)c1C(=O)N(CCc1ccccc1)C1CCN(C)CC1. The first-order chi connectivity index (χ1) is 15.5. The number of nitrogens with zero attached hydrogens (tertiary/aromatic N) is 3. The van der Waals surface area contributed by atoms with Crippen molar-refractivity contribution in [2.24, 2.45) is 0 Å². The number of likely N-dealkylation sites (tertiary alicyclic amines) is 1. The van der Waals surface area contributed by atoms with Crippen molar-refractivity contribution in [1.29, 1.82) is 0 Å². The van der Waals surface area contributed by atoms with E-state index in [1.165, 1.54) is 5.56 Å². The molecule has 1 aromatic heterocycles. The number of aryl methyl sites for hydroxylation is 1. The second kappa shape index (κ2) is 10.5. The number of hydrogen-bond donors (Lipinski definition) is 1. The van der Waals surface area contributed by atoms with E-state index in [0.717, 1.165) is 63.8 Å². The highest BCUT2D eigenvalue weighted by atomic mass is 16.2. The molecule has 6 heteroatoms. The molecular weight excluding hydrogens is 400 g/mol. The molecule has 2 aromatic rings. The summed E-state index contributed by atoms with van der Waals surface area (Å²) in [5.74, 6) is -0.0960. The number of carbonyl (C=O) groups is 1. The number of carbonyl (C=O) groups excluding carboxylic acids is 1. The van der Waals surface area contributed by atoms with Gasteiger partial charge < -0.3 is 19.7 Å². The van der Waals surface area contributed by atoms with Crippen LogP contribution in [0.4, 0.5) is 0 Å². The minimum Gasteiger partial charge on any atom is -0.335 e. The highest BCUT2D eigenvalue weighted by Gasteiger charge is 2.30. The fourth-order valence-corrected chi connectivity index (χ4v) is 5.07. The highest BCUT2D eigenvalue weighted by Crippen LogP contribution is 2.21. The first-order valence-electron chi connectivity index (χ1n) is 12.0. The summed E-state index contributed by atoms with van der Waals surface area (Å²) in [6.45, 7) is 6.31. The molecule has 6 nitrogen and oxygen atoms in total. The van der Waals surface area contributed by atoms with Gasteiger partial charge >= 0.3 is 0 Å². The Balaban J connectivity index is 1.62. The number of amides is 1. The van der Waals surface area contributed by atoms with Crippen LogP contribution in [0, 0.1) is 6.92 Å². The van der Waals surface area contributed by atoms with Gasteiger partial charge in [0.05, 0.1) is 0 Å². The maximum Gasteiger partial charge on any atom is 0.263 e. The number of nitrogens with one attached hydrogen (secondary N) is 1. The Morgan fingerprint density at radius 1 is 1.06 bits per heavy atom. The number of rotatable bonds is 6. The van der Waals surface area contributed by atoms with Crippen molar-refractivity contribution < 1.29 is 4.79 Å². The topological polar surface area (TPSA) is 57.6 Å². The smallest absolute Gasteiger partial charge is 0.263 e. The Hall–Kier alpha value is -2.44. The lowest BCUT2D eigenvalue weighted by molar-refractivity contribution is 0.0591. The first-order valence-corrected chi connectivity index (χ1v) is 12.0. The molecule has 0 unspecified atom stereocenters. The molecule has 3 heterocycles. The van der Waals surface area contributed by atoms with Crippen molar-refractivity contribution in [1.82, 2.24) is 19.7 Å². The van der Waals surface area contributed by atoms with E-state index in [4.69, 9.17) is 0 Å². The summed E-state index contributed by atoms with van der Waals surface area (Å²) in [5, 5.41) is 3.36. The summed E-state index contributed by atoms with van der Waals surface area (Å²) in [5.41, 5.74) is 2.23. The molecule has 0 spiro atoms. The molecule has 2 aliphatic heterocycles. The molecule has 1 aromatic carbocycles. The zero-order chi connectivity index (χ0) is 22.5. The number of hydrogen-bond acceptors (Lipinski definition) is 4. The van der Waals surface area contributed by atoms with Gasteiger partial charge in [0, 0.05) is 24.8 Å². The second-order valence-corrected chi connectivity index (χ2v) is 9.34. The van der Waals surface area contributed by atoms with Gasteiger partial charge in [-0.3, -0.25) is 9.59 Å². The lowest BCUT2D eigenvalue weighted by Gasteiger charge is -2.37. The van der Waals surface area contributed by atoms with Gasteiger partial charge in [0.25, 0.3) is 11.5 Å². The molecule has 4 rings (SSSR count). The van der Waals surface area contributed by atoms with Crippen LogP contribution < -0.4 is 10.9 Å². The Labute approximate surface area is 191 Å². The number of piperidine rings is 2. The Kier molecular flexibility index (Phi) is 7.43. The van der Waals surface area contributed by atoms with Crippen LogP contribution in [-0.2, 0) is 6.42 Å². The van der Waals surface area contributed by atoms with Gasteiger partial charge in [-0.15, -0.1) is 0 Å². The number of benzene rings is 1. The van der Waals surface area contributed by atoms with Gasteiger partial charge in [-0.1, -0.05) is 30.3 Å². The van der Waals surface area contributed by atoms with Crippen LogP contribution in [0.1, 0.15) is 53.2 Å². The Morgan fingerprint density at radius 3 is 2.44 bits per heavy atom. The predicted molar refractivity (Wildman–Crippen MR) is 128 cm³/mol. The molecule has 0 atom stereocenters. The maximum absolute atomic E-state index is 13.9. The molecule has 0 bridgehead atoms. The summed E-state index contributed by atoms with van der Waals surface area (Å²) in [6, 6.07) is 12.6. The minimum atomic E-state index is -0.125. The first kappa shape index (κ1) is 22.7. The summed E-state index contributed by atoms with van der Waals surface area (Å²) in [6.07, 6.45) is 6.42. The molecule has 2 saturated heterocycles. The van der Waals surface area contributed by atoms with E-state index < -0.39 is 0 Å². The van der Waals surface area contributed by atoms with Gasteiger partial charge in [0.1, 0.15) is 5.56 Å². The van der Waals surface area contributed by atoms with E-state index in [1.54, 1.807) is 0 Å². The van der Waals surface area contributed by atoms with Gasteiger partial charge in [-0.25, -0.2) is 0 Å². The van der Waals surface area contributed by atoms with Crippen molar-refractivity contribution >= 4 is 5.91 Å². The number of aromatic nitrogens is 1. The fraction of sp³-hybridized carbons (Fsp3) is 0.538. The van der Waals surface area contributed by atoms with Gasteiger partial charge in [-0.05, 0) is 89.4 Å². The molecule has 1 N–H and O–H groups in total. The predicted octanol–water partition coefficient (Wildman–Crippen LogP) is 2.86. The Bertz CT molecular complexity index is 958. The zero-order valence-corrected chi connectivity index (χ0v) is 19.4. The third-order valence-electron chi connectivity index (χ3n) is 7.12. The number of pyridine rings is 1. The van der Waals surface area contributed by atoms with Crippen molar-refractivity contribution in [3.8, 4) is 0 Å². The van der Waals surface area contributed by atoms with E-state index in [0.29, 0.717) is 12.1 Å². The van der Waals surface area contributed by atoms with Crippen LogP contribution >= 0.6 is 0 Å². The third-order valence-corrected chi connectivity index (χ3v) is 7.12. The van der Waals surface area contributed by atoms with Crippen LogP contribution in [0.15, 0.2) is 47.4 Å². The zero-order valence-electron chi connectivity index (χ0n) is 19.4. The molecule has 0 aliphatic carbocycles. The van der Waals surface area contributed by atoms with E-state index in [-0.39, 0.29) is 23.6 Å². The van der Waals surface area contributed by atoms with Gasteiger partial charge in [-0.2, -0.15) is 0 Å². The van der Waals surface area contributed by atoms with E-state index in [9.17, 15) is 9.59 Å². The quantitative estimate of drug-likeness (QED) is 0.757. The van der Waals surface area contributed by atoms with Crippen LogP contribution in [0.2, 0.25) is 0 Å². The van der Waals surface area contributed by atoms with Gasteiger partial charge in [0.2, 0.25) is 0 Å². The van der Waals surface area contributed by atoms with Crippen LogP contribution in [0.5, 0.6) is 0 Å². The van der Waals surface area contributed by atoms with Crippen LogP contribution in [0.25, 0.3) is 0 Å². The van der Waals surface area contributed by atoms with E-state index in [1.807, 2.05) is 46.9 Å². The average molecular weight is 437 g/mol. The lowest BCUT2D eigenvalue weighted by Crippen LogP contribution is -2.49. The molecule has 1 amide bonds. The van der Waals surface area contributed by atoms with Crippen LogP contribution in [0.3, 0.4) is 0 Å². The molecule has 0 saturated carbocycles.